The third-order valence-corrected chi connectivity index (χ3v) is 6.06. The lowest BCUT2D eigenvalue weighted by Gasteiger charge is -2.22. The van der Waals surface area contributed by atoms with Gasteiger partial charge >= 0.3 is 0 Å². The van der Waals surface area contributed by atoms with E-state index in [1.54, 1.807) is 6.07 Å². The topological polar surface area (TPSA) is 40.5 Å². The molecule has 0 aromatic heterocycles. The first-order valence-electron chi connectivity index (χ1n) is 10.00. The van der Waals surface area contributed by atoms with E-state index in [9.17, 15) is 9.90 Å². The molecule has 0 spiro atoms. The summed E-state index contributed by atoms with van der Waals surface area (Å²) in [4.78, 5) is 14.0. The van der Waals surface area contributed by atoms with E-state index < -0.39 is 6.23 Å². The van der Waals surface area contributed by atoms with Crippen molar-refractivity contribution in [3.8, 4) is 0 Å². The van der Waals surface area contributed by atoms with Gasteiger partial charge in [-0.1, -0.05) is 67.8 Å². The maximum Gasteiger partial charge on any atom is 0.256 e. The van der Waals surface area contributed by atoms with Crippen LogP contribution in [0.3, 0.4) is 0 Å². The highest BCUT2D eigenvalue weighted by atomic mass is 16.3. The molecule has 4 rings (SSSR count). The summed E-state index contributed by atoms with van der Waals surface area (Å²) in [7, 11) is 0. The Morgan fingerprint density at radius 2 is 1.78 bits per heavy atom. The van der Waals surface area contributed by atoms with Crippen molar-refractivity contribution >= 4 is 11.5 Å². The Balaban J connectivity index is 1.45. The Hall–Kier alpha value is -2.39. The third-order valence-electron chi connectivity index (χ3n) is 6.06. The Bertz CT molecular complexity index is 847. The highest BCUT2D eigenvalue weighted by Crippen LogP contribution is 2.34. The van der Waals surface area contributed by atoms with Crippen LogP contribution in [0, 0.1) is 0 Å². The molecule has 27 heavy (non-hydrogen) atoms. The smallest absolute Gasteiger partial charge is 0.256 e. The summed E-state index contributed by atoms with van der Waals surface area (Å²) in [5, 5.41) is 10.5. The molecule has 1 atom stereocenters. The molecule has 2 aromatic rings. The van der Waals surface area contributed by atoms with Crippen molar-refractivity contribution < 1.29 is 9.90 Å². The van der Waals surface area contributed by atoms with Crippen LogP contribution in [0.1, 0.15) is 78.2 Å². The second kappa shape index (κ2) is 7.69. The number of fused-ring (bicyclic) bond motifs is 1. The van der Waals surface area contributed by atoms with Gasteiger partial charge in [0.15, 0.2) is 6.23 Å². The largest absolute Gasteiger partial charge is 0.369 e. The lowest BCUT2D eigenvalue weighted by atomic mass is 9.84. The van der Waals surface area contributed by atoms with Gasteiger partial charge in [0.2, 0.25) is 0 Å². The van der Waals surface area contributed by atoms with Gasteiger partial charge in [-0.2, -0.15) is 0 Å². The number of rotatable bonds is 4. The summed E-state index contributed by atoms with van der Waals surface area (Å²) in [6.45, 7) is 2.47. The third kappa shape index (κ3) is 3.57. The summed E-state index contributed by atoms with van der Waals surface area (Å²) < 4.78 is 0. The molecule has 140 valence electrons. The molecule has 0 bridgehead atoms. The quantitative estimate of drug-likeness (QED) is 0.804. The number of benzene rings is 2. The lowest BCUT2D eigenvalue weighted by molar-refractivity contribution is 0.0232. The van der Waals surface area contributed by atoms with Crippen LogP contribution < -0.4 is 0 Å². The van der Waals surface area contributed by atoms with Crippen LogP contribution in [0.15, 0.2) is 54.6 Å². The molecule has 3 heteroatoms. The Morgan fingerprint density at radius 3 is 2.48 bits per heavy atom. The summed E-state index contributed by atoms with van der Waals surface area (Å²) in [6.07, 6.45) is 7.86. The fourth-order valence-corrected chi connectivity index (χ4v) is 4.34. The monoisotopic (exact) mass is 361 g/mol. The summed E-state index contributed by atoms with van der Waals surface area (Å²) in [5.41, 5.74) is 5.06. The average Bonchev–Trinajstić information content (AvgIpc) is 2.97. The van der Waals surface area contributed by atoms with Crippen LogP contribution >= 0.6 is 0 Å². The van der Waals surface area contributed by atoms with Gasteiger partial charge < -0.3 is 10.0 Å². The molecule has 1 aliphatic carbocycles. The fraction of sp³-hybridized carbons (Fsp3) is 0.375. The van der Waals surface area contributed by atoms with Crippen LogP contribution in [-0.4, -0.2) is 22.5 Å². The minimum absolute atomic E-state index is 0.102. The molecule has 3 nitrogen and oxygen atoms in total. The number of hydrogen-bond donors (Lipinski definition) is 1. The van der Waals surface area contributed by atoms with Crippen molar-refractivity contribution in [2.24, 2.45) is 0 Å². The van der Waals surface area contributed by atoms with E-state index in [1.165, 1.54) is 48.1 Å². The average molecular weight is 361 g/mol. The highest BCUT2D eigenvalue weighted by Gasteiger charge is 2.34. The molecule has 0 radical (unpaired) electrons. The molecular formula is C24H27NO2. The zero-order chi connectivity index (χ0) is 18.8. The van der Waals surface area contributed by atoms with Gasteiger partial charge in [-0.05, 0) is 48.4 Å². The van der Waals surface area contributed by atoms with E-state index in [0.29, 0.717) is 23.6 Å². The molecule has 1 N–H and O–H groups in total. The number of hydrogen-bond acceptors (Lipinski definition) is 2. The summed E-state index contributed by atoms with van der Waals surface area (Å²) in [5.74, 6) is 0.614. The predicted molar refractivity (Wildman–Crippen MR) is 108 cm³/mol. The summed E-state index contributed by atoms with van der Waals surface area (Å²) >= 11 is 0. The molecule has 1 fully saturated rings. The molecule has 2 aromatic carbocycles. The van der Waals surface area contributed by atoms with Crippen molar-refractivity contribution in [1.82, 2.24) is 4.90 Å². The van der Waals surface area contributed by atoms with Crippen molar-refractivity contribution in [3.63, 3.8) is 0 Å². The minimum Gasteiger partial charge on any atom is -0.369 e. The zero-order valence-corrected chi connectivity index (χ0v) is 15.9. The predicted octanol–water partition coefficient (Wildman–Crippen LogP) is 5.28. The van der Waals surface area contributed by atoms with Gasteiger partial charge in [0.1, 0.15) is 0 Å². The van der Waals surface area contributed by atoms with Gasteiger partial charge in [0.05, 0.1) is 0 Å². The van der Waals surface area contributed by atoms with E-state index >= 15 is 0 Å². The van der Waals surface area contributed by atoms with Crippen LogP contribution in [0.4, 0.5) is 0 Å². The number of carbonyl (C=O) groups is 1. The Kier molecular flexibility index (Phi) is 5.13. The first kappa shape index (κ1) is 18.0. The normalized spacial score (nSPS) is 20.8. The number of carbonyl (C=O) groups excluding carboxylic acids is 1. The van der Waals surface area contributed by atoms with Gasteiger partial charge in [0, 0.05) is 17.7 Å². The Morgan fingerprint density at radius 1 is 1.07 bits per heavy atom. The molecule has 2 aliphatic rings. The molecule has 0 saturated heterocycles. The van der Waals surface area contributed by atoms with Crippen molar-refractivity contribution in [1.29, 1.82) is 0 Å². The van der Waals surface area contributed by atoms with Crippen molar-refractivity contribution in [3.05, 3.63) is 76.9 Å². The number of aliphatic hydroxyl groups is 1. The SMILES string of the molecule is C/C(=C\CN1C(=O)c2ccccc2C1O)c1ccc(C2CCCCC2)cc1. The van der Waals surface area contributed by atoms with Gasteiger partial charge in [-0.3, -0.25) is 4.79 Å². The number of allylic oxidation sites excluding steroid dienone is 1. The van der Waals surface area contributed by atoms with E-state index in [-0.39, 0.29) is 5.91 Å². The fourth-order valence-electron chi connectivity index (χ4n) is 4.34. The zero-order valence-electron chi connectivity index (χ0n) is 15.9. The van der Waals surface area contributed by atoms with Crippen LogP contribution in [0.25, 0.3) is 5.57 Å². The van der Waals surface area contributed by atoms with Crippen molar-refractivity contribution in [2.75, 3.05) is 6.54 Å². The standard InChI is InChI=1S/C24H27NO2/c1-17(18-11-13-20(14-12-18)19-7-3-2-4-8-19)15-16-25-23(26)21-9-5-6-10-22(21)24(25)27/h5-6,9-15,19,23,26H,2-4,7-8,16H2,1H3/b17-15+. The first-order valence-corrected chi connectivity index (χ1v) is 10.00. The second-order valence-electron chi connectivity index (χ2n) is 7.76. The minimum atomic E-state index is -0.855. The first-order chi connectivity index (χ1) is 13.1. The Labute approximate surface area is 161 Å². The van der Waals surface area contributed by atoms with E-state index in [4.69, 9.17) is 0 Å². The maximum absolute atomic E-state index is 12.5. The van der Waals surface area contributed by atoms with Crippen LogP contribution in [0.5, 0.6) is 0 Å². The maximum atomic E-state index is 12.5. The van der Waals surface area contributed by atoms with Gasteiger partial charge in [-0.15, -0.1) is 0 Å². The van der Waals surface area contributed by atoms with Crippen molar-refractivity contribution in [2.45, 2.75) is 51.2 Å². The molecule has 1 unspecified atom stereocenters. The molecule has 1 amide bonds. The van der Waals surface area contributed by atoms with E-state index in [2.05, 4.69) is 31.2 Å². The number of nitrogens with zero attached hydrogens (tertiary/aromatic N) is 1. The van der Waals surface area contributed by atoms with E-state index in [1.807, 2.05) is 24.3 Å². The number of amides is 1. The highest BCUT2D eigenvalue weighted by molar-refractivity contribution is 5.99. The van der Waals surface area contributed by atoms with Gasteiger partial charge in [0.25, 0.3) is 5.91 Å². The summed E-state index contributed by atoms with van der Waals surface area (Å²) in [6, 6.07) is 16.2. The molecule has 1 saturated carbocycles. The molecule has 1 heterocycles. The number of aliphatic hydroxyl groups excluding tert-OH is 1. The van der Waals surface area contributed by atoms with Crippen LogP contribution in [0.2, 0.25) is 0 Å². The molecule has 1 aliphatic heterocycles. The van der Waals surface area contributed by atoms with E-state index in [0.717, 1.165) is 5.57 Å². The van der Waals surface area contributed by atoms with Gasteiger partial charge in [-0.25, -0.2) is 0 Å². The lowest BCUT2D eigenvalue weighted by Crippen LogP contribution is -2.28. The molecular weight excluding hydrogens is 334 g/mol. The second-order valence-corrected chi connectivity index (χ2v) is 7.76. The van der Waals surface area contributed by atoms with Crippen LogP contribution in [-0.2, 0) is 0 Å².